The third kappa shape index (κ3) is 4.93. The summed E-state index contributed by atoms with van der Waals surface area (Å²) in [6.07, 6.45) is 5.76. The van der Waals surface area contributed by atoms with Crippen molar-refractivity contribution >= 4 is 41.4 Å². The van der Waals surface area contributed by atoms with E-state index in [1.54, 1.807) is 30.5 Å². The maximum Gasteiger partial charge on any atom is 0.258 e. The number of hydrazine groups is 1. The van der Waals surface area contributed by atoms with Crippen LogP contribution in [0.1, 0.15) is 23.6 Å². The van der Waals surface area contributed by atoms with E-state index in [1.165, 1.54) is 0 Å². The molecule has 2 unspecified atom stereocenters. The molecule has 2 atom stereocenters. The second-order valence-corrected chi connectivity index (χ2v) is 6.66. The quantitative estimate of drug-likeness (QED) is 0.540. The smallest absolute Gasteiger partial charge is 0.258 e. The molecule has 0 bridgehead atoms. The van der Waals surface area contributed by atoms with Gasteiger partial charge in [-0.1, -0.05) is 59.6 Å². The van der Waals surface area contributed by atoms with Gasteiger partial charge in [0.2, 0.25) is 0 Å². The normalized spacial score (nSPS) is 20.1. The lowest BCUT2D eigenvalue weighted by Crippen LogP contribution is -2.41. The molecule has 1 fully saturated rings. The molecule has 1 aliphatic rings. The minimum atomic E-state index is -0.412. The van der Waals surface area contributed by atoms with Crippen molar-refractivity contribution in [2.24, 2.45) is 5.10 Å². The van der Waals surface area contributed by atoms with Crippen LogP contribution in [0.25, 0.3) is 6.08 Å². The molecule has 2 aromatic rings. The Hall–Kier alpha value is -2.18. The monoisotopic (exact) mass is 388 g/mol. The van der Waals surface area contributed by atoms with E-state index in [2.05, 4.69) is 21.4 Å². The number of hydrogen-bond acceptors (Lipinski definition) is 4. The first kappa shape index (κ1) is 18.6. The number of benzene rings is 2. The maximum absolute atomic E-state index is 12.2. The summed E-state index contributed by atoms with van der Waals surface area (Å²) in [5, 5.41) is 5.15. The average Bonchev–Trinajstić information content (AvgIpc) is 3.14. The molecule has 3 N–H and O–H groups in total. The Morgan fingerprint density at radius 3 is 2.77 bits per heavy atom. The zero-order chi connectivity index (χ0) is 18.4. The number of nitrogens with zero attached hydrogens (tertiary/aromatic N) is 1. The molecule has 5 nitrogen and oxygen atoms in total. The van der Waals surface area contributed by atoms with Gasteiger partial charge >= 0.3 is 0 Å². The Morgan fingerprint density at radius 1 is 1.15 bits per heavy atom. The van der Waals surface area contributed by atoms with Crippen molar-refractivity contribution in [1.29, 1.82) is 0 Å². The summed E-state index contributed by atoms with van der Waals surface area (Å²) < 4.78 is 0. The van der Waals surface area contributed by atoms with Gasteiger partial charge in [-0.25, -0.2) is 16.3 Å². The zero-order valence-corrected chi connectivity index (χ0v) is 15.3. The van der Waals surface area contributed by atoms with Crippen molar-refractivity contribution in [3.8, 4) is 0 Å². The second-order valence-electron chi connectivity index (χ2n) is 5.82. The minimum Gasteiger partial charge on any atom is -0.271 e. The molecule has 1 aliphatic heterocycles. The van der Waals surface area contributed by atoms with Crippen molar-refractivity contribution in [3.05, 3.63) is 75.8 Å². The standard InChI is InChI=1S/C19H18Cl2N4O/c20-14-8-9-16(21)15(11-14)17-12-18(24-23-17)19(26)25-22-10-4-7-13-5-2-1-3-6-13/h1-11,17-18,23-24H,12H2,(H,25,26)/b7-4+,22-10+. The number of hydrogen-bond donors (Lipinski definition) is 3. The molecule has 1 heterocycles. The third-order valence-electron chi connectivity index (χ3n) is 3.98. The highest BCUT2D eigenvalue weighted by atomic mass is 35.5. The lowest BCUT2D eigenvalue weighted by Gasteiger charge is -2.12. The highest BCUT2D eigenvalue weighted by Crippen LogP contribution is 2.30. The molecule has 1 saturated heterocycles. The number of carbonyl (C=O) groups is 1. The summed E-state index contributed by atoms with van der Waals surface area (Å²) in [7, 11) is 0. The molecular weight excluding hydrogens is 371 g/mol. The molecule has 0 saturated carbocycles. The number of allylic oxidation sites excluding steroid dienone is 1. The fourth-order valence-electron chi connectivity index (χ4n) is 2.65. The van der Waals surface area contributed by atoms with E-state index in [0.29, 0.717) is 16.5 Å². The van der Waals surface area contributed by atoms with Crippen LogP contribution >= 0.6 is 23.2 Å². The van der Waals surface area contributed by atoms with Gasteiger partial charge in [0.15, 0.2) is 0 Å². The van der Waals surface area contributed by atoms with Crippen LogP contribution in [0, 0.1) is 0 Å². The summed E-state index contributed by atoms with van der Waals surface area (Å²) in [5.41, 5.74) is 10.5. The zero-order valence-electron chi connectivity index (χ0n) is 13.8. The Bertz CT molecular complexity index is 824. The summed E-state index contributed by atoms with van der Waals surface area (Å²) in [4.78, 5) is 12.2. The summed E-state index contributed by atoms with van der Waals surface area (Å²) >= 11 is 12.2. The van der Waals surface area contributed by atoms with E-state index >= 15 is 0 Å². The highest BCUT2D eigenvalue weighted by molar-refractivity contribution is 6.33. The number of amides is 1. The van der Waals surface area contributed by atoms with E-state index < -0.39 is 6.04 Å². The van der Waals surface area contributed by atoms with Crippen molar-refractivity contribution in [2.75, 3.05) is 0 Å². The highest BCUT2D eigenvalue weighted by Gasteiger charge is 2.31. The number of halogens is 2. The van der Waals surface area contributed by atoms with Gasteiger partial charge in [0.05, 0.1) is 0 Å². The number of carbonyl (C=O) groups excluding carboxylic acids is 1. The van der Waals surface area contributed by atoms with Crippen LogP contribution in [0.4, 0.5) is 0 Å². The van der Waals surface area contributed by atoms with Gasteiger partial charge in [-0.05, 0) is 41.8 Å². The van der Waals surface area contributed by atoms with Gasteiger partial charge < -0.3 is 0 Å². The van der Waals surface area contributed by atoms with E-state index in [9.17, 15) is 4.79 Å². The molecule has 134 valence electrons. The van der Waals surface area contributed by atoms with Crippen LogP contribution in [-0.2, 0) is 4.79 Å². The SMILES string of the molecule is O=C(N/N=C/C=C/c1ccccc1)C1CC(c2cc(Cl)ccc2Cl)NN1. The van der Waals surface area contributed by atoms with E-state index in [1.807, 2.05) is 36.4 Å². The lowest BCUT2D eigenvalue weighted by atomic mass is 10.0. The van der Waals surface area contributed by atoms with Gasteiger partial charge in [0.25, 0.3) is 5.91 Å². The van der Waals surface area contributed by atoms with E-state index in [-0.39, 0.29) is 11.9 Å². The molecule has 3 rings (SSSR count). The molecule has 0 radical (unpaired) electrons. The predicted octanol–water partition coefficient (Wildman–Crippen LogP) is 3.72. The third-order valence-corrected chi connectivity index (χ3v) is 4.56. The van der Waals surface area contributed by atoms with E-state index in [4.69, 9.17) is 23.2 Å². The minimum absolute atomic E-state index is 0.0982. The number of nitrogens with one attached hydrogen (secondary N) is 3. The lowest BCUT2D eigenvalue weighted by molar-refractivity contribution is -0.122. The Labute approximate surface area is 162 Å². The molecule has 7 heteroatoms. The summed E-state index contributed by atoms with van der Waals surface area (Å²) in [5.74, 6) is -0.220. The van der Waals surface area contributed by atoms with Crippen LogP contribution in [0.2, 0.25) is 10.0 Å². The van der Waals surface area contributed by atoms with Crippen molar-refractivity contribution < 1.29 is 4.79 Å². The first-order valence-corrected chi connectivity index (χ1v) is 8.90. The predicted molar refractivity (Wildman–Crippen MR) is 106 cm³/mol. The van der Waals surface area contributed by atoms with Crippen molar-refractivity contribution in [1.82, 2.24) is 16.3 Å². The average molecular weight is 389 g/mol. The molecule has 1 amide bonds. The van der Waals surface area contributed by atoms with Crippen LogP contribution in [0.3, 0.4) is 0 Å². The van der Waals surface area contributed by atoms with E-state index in [0.717, 1.165) is 11.1 Å². The van der Waals surface area contributed by atoms with Crippen molar-refractivity contribution in [3.63, 3.8) is 0 Å². The Kier molecular flexibility index (Phi) is 6.41. The Morgan fingerprint density at radius 2 is 1.96 bits per heavy atom. The summed E-state index contributed by atoms with van der Waals surface area (Å²) in [6, 6.07) is 14.6. The molecule has 0 aliphatic carbocycles. The molecule has 2 aromatic carbocycles. The van der Waals surface area contributed by atoms with Crippen LogP contribution in [0.15, 0.2) is 59.7 Å². The molecular formula is C19H18Cl2N4O. The van der Waals surface area contributed by atoms with Gasteiger partial charge in [0.1, 0.15) is 6.04 Å². The number of rotatable bonds is 5. The molecule has 0 spiro atoms. The summed E-state index contributed by atoms with van der Waals surface area (Å²) in [6.45, 7) is 0. The maximum atomic E-state index is 12.2. The van der Waals surface area contributed by atoms with Gasteiger partial charge in [-0.2, -0.15) is 5.10 Å². The van der Waals surface area contributed by atoms with Gasteiger partial charge in [0, 0.05) is 22.3 Å². The van der Waals surface area contributed by atoms with Crippen LogP contribution in [0.5, 0.6) is 0 Å². The largest absolute Gasteiger partial charge is 0.271 e. The second kappa shape index (κ2) is 8.96. The fraction of sp³-hybridized carbons (Fsp3) is 0.158. The first-order valence-electron chi connectivity index (χ1n) is 8.14. The van der Waals surface area contributed by atoms with Crippen molar-refractivity contribution in [2.45, 2.75) is 18.5 Å². The Balaban J connectivity index is 1.51. The van der Waals surface area contributed by atoms with Gasteiger partial charge in [-0.3, -0.25) is 4.79 Å². The molecule has 0 aromatic heterocycles. The van der Waals surface area contributed by atoms with Gasteiger partial charge in [-0.15, -0.1) is 0 Å². The fourth-order valence-corrected chi connectivity index (χ4v) is 3.08. The number of hydrazone groups is 1. The first-order chi connectivity index (χ1) is 12.6. The van der Waals surface area contributed by atoms with Crippen LogP contribution < -0.4 is 16.3 Å². The molecule has 26 heavy (non-hydrogen) atoms. The topological polar surface area (TPSA) is 65.5 Å². The van der Waals surface area contributed by atoms with Crippen LogP contribution in [-0.4, -0.2) is 18.2 Å².